The van der Waals surface area contributed by atoms with Crippen molar-refractivity contribution >= 4 is 17.6 Å². The molecule has 1 rings (SSSR count). The number of pyridine rings is 1. The van der Waals surface area contributed by atoms with E-state index in [1.807, 2.05) is 0 Å². The molecule has 1 aromatic rings. The maximum absolute atomic E-state index is 10.5. The van der Waals surface area contributed by atoms with Crippen molar-refractivity contribution in [2.45, 2.75) is 6.92 Å². The first-order chi connectivity index (χ1) is 6.15. The van der Waals surface area contributed by atoms with Crippen LogP contribution in [0.5, 0.6) is 5.75 Å². The Morgan fingerprint density at radius 3 is 3.00 bits per heavy atom. The molecule has 4 nitrogen and oxygen atoms in total. The molecule has 0 unspecified atom stereocenters. The van der Waals surface area contributed by atoms with Gasteiger partial charge in [0, 0.05) is 12.3 Å². The van der Waals surface area contributed by atoms with Crippen LogP contribution in [0.3, 0.4) is 0 Å². The van der Waals surface area contributed by atoms with Crippen molar-refractivity contribution in [3.8, 4) is 5.75 Å². The molecule has 0 N–H and O–H groups in total. The molecule has 0 atom stereocenters. The van der Waals surface area contributed by atoms with Gasteiger partial charge in [-0.2, -0.15) is 0 Å². The molecule has 0 aliphatic rings. The fourth-order valence-corrected chi connectivity index (χ4v) is 0.989. The molecule has 0 saturated carbocycles. The Morgan fingerprint density at radius 2 is 2.46 bits per heavy atom. The van der Waals surface area contributed by atoms with E-state index < -0.39 is 5.97 Å². The van der Waals surface area contributed by atoms with Gasteiger partial charge in [0.1, 0.15) is 10.9 Å². The quantitative estimate of drug-likeness (QED) is 0.667. The van der Waals surface area contributed by atoms with E-state index in [1.54, 1.807) is 6.92 Å². The smallest absolute Gasteiger partial charge is 0.132 e. The highest BCUT2D eigenvalue weighted by molar-refractivity contribution is 6.29. The summed E-state index contributed by atoms with van der Waals surface area (Å²) < 4.78 is 5.03. The molecule has 0 aliphatic heterocycles. The lowest BCUT2D eigenvalue weighted by Crippen LogP contribution is -2.23. The van der Waals surface area contributed by atoms with E-state index in [4.69, 9.17) is 16.3 Å². The second-order valence-electron chi connectivity index (χ2n) is 2.22. The predicted molar refractivity (Wildman–Crippen MR) is 44.7 cm³/mol. The zero-order valence-electron chi connectivity index (χ0n) is 6.91. The highest BCUT2D eigenvalue weighted by Gasteiger charge is 2.05. The monoisotopic (exact) mass is 200 g/mol. The molecule has 5 heteroatoms. The van der Waals surface area contributed by atoms with Crippen LogP contribution < -0.4 is 9.84 Å². The fourth-order valence-electron chi connectivity index (χ4n) is 0.841. The zero-order chi connectivity index (χ0) is 9.84. The molecular formula is C8H7ClNO3-. The average Bonchev–Trinajstić information content (AvgIpc) is 2.04. The third-order valence-electron chi connectivity index (χ3n) is 1.35. The molecule has 13 heavy (non-hydrogen) atoms. The molecule has 0 spiro atoms. The molecule has 0 saturated heterocycles. The van der Waals surface area contributed by atoms with Crippen molar-refractivity contribution in [1.82, 2.24) is 4.98 Å². The highest BCUT2D eigenvalue weighted by atomic mass is 35.5. The number of hydrogen-bond donors (Lipinski definition) is 0. The molecule has 0 aromatic carbocycles. The molecule has 0 radical (unpaired) electrons. The van der Waals surface area contributed by atoms with Gasteiger partial charge in [-0.05, 0) is 6.92 Å². The van der Waals surface area contributed by atoms with E-state index in [2.05, 4.69) is 4.98 Å². The van der Waals surface area contributed by atoms with Crippen molar-refractivity contribution in [3.63, 3.8) is 0 Å². The lowest BCUT2D eigenvalue weighted by molar-refractivity contribution is -0.255. The van der Waals surface area contributed by atoms with Crippen LogP contribution in [0.4, 0.5) is 0 Å². The van der Waals surface area contributed by atoms with Gasteiger partial charge in [0.2, 0.25) is 0 Å². The Bertz CT molecular complexity index is 327. The summed E-state index contributed by atoms with van der Waals surface area (Å²) in [7, 11) is 0. The van der Waals surface area contributed by atoms with Crippen LogP contribution in [0.1, 0.15) is 17.3 Å². The predicted octanol–water partition coefficient (Wildman–Crippen LogP) is 0.497. The van der Waals surface area contributed by atoms with Crippen LogP contribution in [-0.2, 0) is 0 Å². The van der Waals surface area contributed by atoms with Gasteiger partial charge in [0.15, 0.2) is 0 Å². The van der Waals surface area contributed by atoms with Crippen molar-refractivity contribution in [2.75, 3.05) is 6.61 Å². The molecule has 0 amide bonds. The second kappa shape index (κ2) is 4.09. The van der Waals surface area contributed by atoms with E-state index in [1.165, 1.54) is 6.07 Å². The summed E-state index contributed by atoms with van der Waals surface area (Å²) in [5.74, 6) is -1.14. The van der Waals surface area contributed by atoms with E-state index in [0.717, 1.165) is 6.20 Å². The first-order valence-electron chi connectivity index (χ1n) is 3.64. The Kier molecular flexibility index (Phi) is 3.08. The number of aromatic nitrogens is 1. The van der Waals surface area contributed by atoms with E-state index >= 15 is 0 Å². The molecule has 0 aliphatic carbocycles. The molecule has 1 heterocycles. The van der Waals surface area contributed by atoms with Crippen LogP contribution >= 0.6 is 11.6 Å². The van der Waals surface area contributed by atoms with Gasteiger partial charge in [-0.3, -0.25) is 0 Å². The minimum atomic E-state index is -1.33. The normalized spacial score (nSPS) is 9.69. The van der Waals surface area contributed by atoms with E-state index in [0.29, 0.717) is 6.61 Å². The summed E-state index contributed by atoms with van der Waals surface area (Å²) >= 11 is 5.55. The summed E-state index contributed by atoms with van der Waals surface area (Å²) in [6.45, 7) is 2.11. The number of aromatic carboxylic acids is 1. The average molecular weight is 201 g/mol. The topological polar surface area (TPSA) is 62.2 Å². The molecule has 0 fully saturated rings. The first-order valence-corrected chi connectivity index (χ1v) is 4.02. The van der Waals surface area contributed by atoms with Gasteiger partial charge < -0.3 is 14.6 Å². The molecular weight excluding hydrogens is 194 g/mol. The second-order valence-corrected chi connectivity index (χ2v) is 2.61. The van der Waals surface area contributed by atoms with E-state index in [-0.39, 0.29) is 16.5 Å². The van der Waals surface area contributed by atoms with Crippen LogP contribution in [0.25, 0.3) is 0 Å². The van der Waals surface area contributed by atoms with Gasteiger partial charge in [0.25, 0.3) is 0 Å². The number of hydrogen-bond acceptors (Lipinski definition) is 4. The van der Waals surface area contributed by atoms with Crippen LogP contribution in [-0.4, -0.2) is 17.6 Å². The van der Waals surface area contributed by atoms with Crippen molar-refractivity contribution in [1.29, 1.82) is 0 Å². The van der Waals surface area contributed by atoms with Gasteiger partial charge in [-0.15, -0.1) is 0 Å². The summed E-state index contributed by atoms with van der Waals surface area (Å²) in [5, 5.41) is 10.7. The lowest BCUT2D eigenvalue weighted by Gasteiger charge is -2.09. The number of carbonyl (C=O) groups is 1. The largest absolute Gasteiger partial charge is 0.545 e. The zero-order valence-corrected chi connectivity index (χ0v) is 7.67. The maximum Gasteiger partial charge on any atom is 0.132 e. The molecule has 70 valence electrons. The number of carboxylic acids is 1. The number of nitrogens with zero attached hydrogens (tertiary/aromatic N) is 1. The third-order valence-corrected chi connectivity index (χ3v) is 1.56. The first kappa shape index (κ1) is 9.80. The number of carbonyl (C=O) groups excluding carboxylic acids is 1. The Hall–Kier alpha value is -1.29. The number of halogens is 1. The standard InChI is InChI=1S/C8H8ClNO3/c1-2-13-6-3-7(9)10-4-5(6)8(11)12/h3-4H,2H2,1H3,(H,11,12)/p-1. The summed E-state index contributed by atoms with van der Waals surface area (Å²) in [6, 6.07) is 1.34. The third kappa shape index (κ3) is 2.32. The molecule has 1 aromatic heterocycles. The van der Waals surface area contributed by atoms with Crippen LogP contribution in [0.2, 0.25) is 5.15 Å². The van der Waals surface area contributed by atoms with Crippen molar-refractivity contribution in [3.05, 3.63) is 23.0 Å². The number of rotatable bonds is 3. The van der Waals surface area contributed by atoms with Crippen LogP contribution in [0, 0.1) is 0 Å². The lowest BCUT2D eigenvalue weighted by atomic mass is 10.2. The van der Waals surface area contributed by atoms with Crippen molar-refractivity contribution < 1.29 is 14.6 Å². The SMILES string of the molecule is CCOc1cc(Cl)ncc1C(=O)[O-]. The maximum atomic E-state index is 10.5. The summed E-state index contributed by atoms with van der Waals surface area (Å²) in [4.78, 5) is 14.1. The Balaban J connectivity index is 3.10. The van der Waals surface area contributed by atoms with Gasteiger partial charge >= 0.3 is 0 Å². The number of ether oxygens (including phenoxy) is 1. The highest BCUT2D eigenvalue weighted by Crippen LogP contribution is 2.20. The van der Waals surface area contributed by atoms with Crippen molar-refractivity contribution in [2.24, 2.45) is 0 Å². The summed E-state index contributed by atoms with van der Waals surface area (Å²) in [5.41, 5.74) is -0.0914. The fraction of sp³-hybridized carbons (Fsp3) is 0.250. The molecule has 0 bridgehead atoms. The Labute approximate surface area is 80.1 Å². The van der Waals surface area contributed by atoms with Gasteiger partial charge in [-0.1, -0.05) is 11.6 Å². The van der Waals surface area contributed by atoms with Crippen LogP contribution in [0.15, 0.2) is 12.3 Å². The minimum absolute atomic E-state index is 0.0914. The van der Waals surface area contributed by atoms with E-state index in [9.17, 15) is 9.90 Å². The minimum Gasteiger partial charge on any atom is -0.545 e. The summed E-state index contributed by atoms with van der Waals surface area (Å²) in [6.07, 6.45) is 1.11. The van der Waals surface area contributed by atoms with Gasteiger partial charge in [-0.25, -0.2) is 4.98 Å². The van der Waals surface area contributed by atoms with Gasteiger partial charge in [0.05, 0.1) is 18.1 Å². The number of carboxylic acid groups (broad SMARTS) is 1. The Morgan fingerprint density at radius 1 is 1.77 bits per heavy atom.